The van der Waals surface area contributed by atoms with Gasteiger partial charge in [0.1, 0.15) is 6.61 Å². The van der Waals surface area contributed by atoms with Gasteiger partial charge in [0.15, 0.2) is 0 Å². The first kappa shape index (κ1) is 13.4. The van der Waals surface area contributed by atoms with Gasteiger partial charge >= 0.3 is 0 Å². The van der Waals surface area contributed by atoms with Crippen LogP contribution >= 0.6 is 0 Å². The van der Waals surface area contributed by atoms with E-state index in [1.165, 1.54) is 11.1 Å². The zero-order valence-corrected chi connectivity index (χ0v) is 10.8. The molecule has 0 amide bonds. The lowest BCUT2D eigenvalue weighted by molar-refractivity contribution is 0.165. The smallest absolute Gasteiger partial charge is 0.110 e. The fourth-order valence-electron chi connectivity index (χ4n) is 1.99. The number of benzene rings is 2. The predicted molar refractivity (Wildman–Crippen MR) is 76.9 cm³/mol. The number of hydrogen-bond donors (Lipinski definition) is 1. The van der Waals surface area contributed by atoms with Crippen LogP contribution in [0, 0.1) is 0 Å². The van der Waals surface area contributed by atoms with Gasteiger partial charge in [-0.1, -0.05) is 60.7 Å². The first-order chi connectivity index (χ1) is 9.42. The van der Waals surface area contributed by atoms with Gasteiger partial charge in [0, 0.05) is 5.92 Å². The zero-order valence-electron chi connectivity index (χ0n) is 10.8. The summed E-state index contributed by atoms with van der Waals surface area (Å²) in [5, 5.41) is 8.71. The summed E-state index contributed by atoms with van der Waals surface area (Å²) in [5.74, 6) is 0.168. The molecule has 0 radical (unpaired) electrons. The summed E-state index contributed by atoms with van der Waals surface area (Å²) in [4.78, 5) is 0. The highest BCUT2D eigenvalue weighted by Crippen LogP contribution is 2.25. The standard InChI is InChI=1S/C17H18O2/c18-12-14-19-13-11-17(15-7-3-1-4-8-15)16-9-5-2-6-10-16/h1-11,13,17-18H,12,14H2/b13-11+. The molecule has 1 N–H and O–H groups in total. The van der Waals surface area contributed by atoms with Crippen LogP contribution in [0.5, 0.6) is 0 Å². The maximum atomic E-state index is 8.71. The molecule has 0 fully saturated rings. The van der Waals surface area contributed by atoms with E-state index in [4.69, 9.17) is 9.84 Å². The Bertz CT molecular complexity index is 452. The van der Waals surface area contributed by atoms with Crippen LogP contribution in [-0.2, 0) is 4.74 Å². The van der Waals surface area contributed by atoms with Gasteiger partial charge in [-0.25, -0.2) is 0 Å². The van der Waals surface area contributed by atoms with Crippen LogP contribution in [0.3, 0.4) is 0 Å². The van der Waals surface area contributed by atoms with Gasteiger partial charge in [0.2, 0.25) is 0 Å². The van der Waals surface area contributed by atoms with E-state index in [0.717, 1.165) is 0 Å². The Morgan fingerprint density at radius 2 is 1.42 bits per heavy atom. The van der Waals surface area contributed by atoms with Crippen LogP contribution < -0.4 is 0 Å². The molecule has 0 saturated heterocycles. The molecule has 2 rings (SSSR count). The fraction of sp³-hybridized carbons (Fsp3) is 0.176. The lowest BCUT2D eigenvalue weighted by Crippen LogP contribution is -1.98. The summed E-state index contributed by atoms with van der Waals surface area (Å²) < 4.78 is 5.23. The van der Waals surface area contributed by atoms with E-state index in [0.29, 0.717) is 6.61 Å². The quantitative estimate of drug-likeness (QED) is 0.633. The highest BCUT2D eigenvalue weighted by Gasteiger charge is 2.09. The average molecular weight is 254 g/mol. The number of hydrogen-bond acceptors (Lipinski definition) is 2. The van der Waals surface area contributed by atoms with Gasteiger partial charge in [-0.3, -0.25) is 0 Å². The van der Waals surface area contributed by atoms with Crippen molar-refractivity contribution in [2.45, 2.75) is 5.92 Å². The van der Waals surface area contributed by atoms with Gasteiger partial charge in [0.25, 0.3) is 0 Å². The molecule has 0 bridgehead atoms. The summed E-state index contributed by atoms with van der Waals surface area (Å²) in [6, 6.07) is 20.6. The number of aliphatic hydroxyl groups is 1. The van der Waals surface area contributed by atoms with Crippen LogP contribution in [0.25, 0.3) is 0 Å². The Balaban J connectivity index is 2.22. The second-order valence-corrected chi connectivity index (χ2v) is 4.22. The molecule has 98 valence electrons. The van der Waals surface area contributed by atoms with E-state index in [1.807, 2.05) is 42.5 Å². The Labute approximate surface area is 114 Å². The minimum absolute atomic E-state index is 0.0334. The number of allylic oxidation sites excluding steroid dienone is 1. The van der Waals surface area contributed by atoms with Crippen molar-refractivity contribution in [2.24, 2.45) is 0 Å². The molecule has 0 unspecified atom stereocenters. The molecule has 0 spiro atoms. The van der Waals surface area contributed by atoms with Crippen molar-refractivity contribution in [3.63, 3.8) is 0 Å². The molecule has 2 aromatic carbocycles. The van der Waals surface area contributed by atoms with Crippen molar-refractivity contribution < 1.29 is 9.84 Å². The van der Waals surface area contributed by atoms with Crippen molar-refractivity contribution >= 4 is 0 Å². The van der Waals surface area contributed by atoms with Crippen molar-refractivity contribution in [1.29, 1.82) is 0 Å². The first-order valence-corrected chi connectivity index (χ1v) is 6.41. The van der Waals surface area contributed by atoms with Crippen LogP contribution in [-0.4, -0.2) is 18.3 Å². The monoisotopic (exact) mass is 254 g/mol. The summed E-state index contributed by atoms with van der Waals surface area (Å²) in [6.07, 6.45) is 3.68. The third-order valence-corrected chi connectivity index (χ3v) is 2.89. The van der Waals surface area contributed by atoms with E-state index in [1.54, 1.807) is 6.26 Å². The van der Waals surface area contributed by atoms with Crippen LogP contribution in [0.4, 0.5) is 0 Å². The first-order valence-electron chi connectivity index (χ1n) is 6.41. The molecular weight excluding hydrogens is 236 g/mol. The molecular formula is C17H18O2. The molecule has 0 aliphatic heterocycles. The summed E-state index contributed by atoms with van der Waals surface area (Å²) in [7, 11) is 0. The van der Waals surface area contributed by atoms with Crippen LogP contribution in [0.1, 0.15) is 17.0 Å². The maximum Gasteiger partial charge on any atom is 0.110 e. The van der Waals surface area contributed by atoms with Gasteiger partial charge < -0.3 is 9.84 Å². The molecule has 2 aromatic rings. The Kier molecular flexibility index (Phi) is 5.20. The number of aliphatic hydroxyl groups excluding tert-OH is 1. The molecule has 0 aliphatic carbocycles. The molecule has 2 heteroatoms. The van der Waals surface area contributed by atoms with Gasteiger partial charge in [-0.2, -0.15) is 0 Å². The normalized spacial score (nSPS) is 11.1. The maximum absolute atomic E-state index is 8.71. The number of ether oxygens (including phenoxy) is 1. The fourth-order valence-corrected chi connectivity index (χ4v) is 1.99. The summed E-state index contributed by atoms with van der Waals surface area (Å²) >= 11 is 0. The summed E-state index contributed by atoms with van der Waals surface area (Å²) in [6.45, 7) is 0.360. The molecule has 0 heterocycles. The van der Waals surface area contributed by atoms with Crippen molar-refractivity contribution in [1.82, 2.24) is 0 Å². The second-order valence-electron chi connectivity index (χ2n) is 4.22. The Morgan fingerprint density at radius 1 is 0.895 bits per heavy atom. The van der Waals surface area contributed by atoms with E-state index < -0.39 is 0 Å². The van der Waals surface area contributed by atoms with Gasteiger partial charge in [-0.05, 0) is 17.2 Å². The molecule has 0 saturated carbocycles. The average Bonchev–Trinajstić information content (AvgIpc) is 2.49. The molecule has 0 aliphatic rings. The lowest BCUT2D eigenvalue weighted by atomic mass is 9.91. The van der Waals surface area contributed by atoms with E-state index in [9.17, 15) is 0 Å². The largest absolute Gasteiger partial charge is 0.499 e. The number of rotatable bonds is 6. The van der Waals surface area contributed by atoms with Gasteiger partial charge in [0.05, 0.1) is 12.9 Å². The third kappa shape index (κ3) is 3.97. The van der Waals surface area contributed by atoms with E-state index in [-0.39, 0.29) is 12.5 Å². The van der Waals surface area contributed by atoms with Crippen molar-refractivity contribution in [3.05, 3.63) is 84.1 Å². The lowest BCUT2D eigenvalue weighted by Gasteiger charge is -2.13. The zero-order chi connectivity index (χ0) is 13.3. The highest BCUT2D eigenvalue weighted by atomic mass is 16.5. The molecule has 19 heavy (non-hydrogen) atoms. The molecule has 0 atom stereocenters. The summed E-state index contributed by atoms with van der Waals surface area (Å²) in [5.41, 5.74) is 2.44. The Hall–Kier alpha value is -2.06. The van der Waals surface area contributed by atoms with Crippen LogP contribution in [0.2, 0.25) is 0 Å². The molecule has 0 aromatic heterocycles. The minimum Gasteiger partial charge on any atom is -0.499 e. The Morgan fingerprint density at radius 3 is 1.89 bits per heavy atom. The van der Waals surface area contributed by atoms with Gasteiger partial charge in [-0.15, -0.1) is 0 Å². The SMILES string of the molecule is OCCO/C=C/C(c1ccccc1)c1ccccc1. The second kappa shape index (κ2) is 7.39. The molecule has 2 nitrogen and oxygen atoms in total. The van der Waals surface area contributed by atoms with E-state index >= 15 is 0 Å². The minimum atomic E-state index is 0.0334. The highest BCUT2D eigenvalue weighted by molar-refractivity contribution is 5.36. The van der Waals surface area contributed by atoms with Crippen LogP contribution in [0.15, 0.2) is 73.0 Å². The predicted octanol–water partition coefficient (Wildman–Crippen LogP) is 3.34. The third-order valence-electron chi connectivity index (χ3n) is 2.89. The van der Waals surface area contributed by atoms with Crippen molar-refractivity contribution in [2.75, 3.05) is 13.2 Å². The van der Waals surface area contributed by atoms with Crippen molar-refractivity contribution in [3.8, 4) is 0 Å². The topological polar surface area (TPSA) is 29.5 Å². The van der Waals surface area contributed by atoms with E-state index in [2.05, 4.69) is 24.3 Å².